The summed E-state index contributed by atoms with van der Waals surface area (Å²) in [5.74, 6) is 0.836. The van der Waals surface area contributed by atoms with Crippen LogP contribution in [0.3, 0.4) is 0 Å². The van der Waals surface area contributed by atoms with E-state index in [-0.39, 0.29) is 6.04 Å². The molecule has 1 aromatic carbocycles. The van der Waals surface area contributed by atoms with Crippen LogP contribution in [-0.2, 0) is 13.0 Å². The second-order valence-corrected chi connectivity index (χ2v) is 5.00. The molecule has 114 valence electrons. The van der Waals surface area contributed by atoms with Gasteiger partial charge in [-0.25, -0.2) is 0 Å². The molecule has 1 heterocycles. The Morgan fingerprint density at radius 1 is 1.19 bits per heavy atom. The van der Waals surface area contributed by atoms with E-state index in [0.29, 0.717) is 0 Å². The lowest BCUT2D eigenvalue weighted by atomic mass is 10.0. The van der Waals surface area contributed by atoms with Crippen LogP contribution >= 0.6 is 0 Å². The van der Waals surface area contributed by atoms with E-state index in [1.54, 1.807) is 13.3 Å². The zero-order valence-electron chi connectivity index (χ0n) is 13.4. The molecule has 0 spiro atoms. The van der Waals surface area contributed by atoms with E-state index >= 15 is 0 Å². The number of nitrogens with one attached hydrogen (secondary N) is 1. The SMILES string of the molecule is CCNC(c1ccc(CC)cc1)c1c(OC)cnn1CC. The summed E-state index contributed by atoms with van der Waals surface area (Å²) in [5, 5.41) is 7.97. The molecule has 1 atom stereocenters. The summed E-state index contributed by atoms with van der Waals surface area (Å²) in [5.41, 5.74) is 3.68. The van der Waals surface area contributed by atoms with Crippen molar-refractivity contribution in [3.8, 4) is 5.75 Å². The first-order chi connectivity index (χ1) is 10.2. The first kappa shape index (κ1) is 15.6. The maximum atomic E-state index is 5.50. The predicted molar refractivity (Wildman–Crippen MR) is 85.8 cm³/mol. The summed E-state index contributed by atoms with van der Waals surface area (Å²) in [6.07, 6.45) is 2.85. The van der Waals surface area contributed by atoms with Crippen LogP contribution in [0.2, 0.25) is 0 Å². The Hall–Kier alpha value is -1.81. The lowest BCUT2D eigenvalue weighted by Gasteiger charge is -2.21. The number of hydrogen-bond donors (Lipinski definition) is 1. The molecule has 0 aliphatic heterocycles. The van der Waals surface area contributed by atoms with E-state index in [4.69, 9.17) is 4.74 Å². The standard InChI is InChI=1S/C17H25N3O/c1-5-13-8-10-14(11-9-13)16(18-6-2)17-15(21-4)12-19-20(17)7-3/h8-12,16,18H,5-7H2,1-4H3. The minimum Gasteiger partial charge on any atom is -0.493 e. The molecule has 1 aromatic heterocycles. The predicted octanol–water partition coefficient (Wildman–Crippen LogP) is 3.17. The van der Waals surface area contributed by atoms with Crippen molar-refractivity contribution >= 4 is 0 Å². The van der Waals surface area contributed by atoms with E-state index in [0.717, 1.165) is 31.0 Å². The Labute approximate surface area is 127 Å². The summed E-state index contributed by atoms with van der Waals surface area (Å²) in [6, 6.07) is 8.87. The fourth-order valence-electron chi connectivity index (χ4n) is 2.60. The molecule has 0 bridgehead atoms. The third-order valence-corrected chi connectivity index (χ3v) is 3.77. The van der Waals surface area contributed by atoms with Crippen LogP contribution in [0.5, 0.6) is 5.75 Å². The fourth-order valence-corrected chi connectivity index (χ4v) is 2.60. The summed E-state index contributed by atoms with van der Waals surface area (Å²) >= 11 is 0. The van der Waals surface area contributed by atoms with Gasteiger partial charge in [0.1, 0.15) is 5.69 Å². The highest BCUT2D eigenvalue weighted by molar-refractivity contribution is 5.37. The van der Waals surface area contributed by atoms with Crippen LogP contribution < -0.4 is 10.1 Å². The van der Waals surface area contributed by atoms with Gasteiger partial charge in [-0.15, -0.1) is 0 Å². The van der Waals surface area contributed by atoms with E-state index in [9.17, 15) is 0 Å². The maximum absolute atomic E-state index is 5.50. The molecule has 0 radical (unpaired) electrons. The average molecular weight is 287 g/mol. The summed E-state index contributed by atoms with van der Waals surface area (Å²) in [7, 11) is 1.70. The molecule has 0 aliphatic carbocycles. The lowest BCUT2D eigenvalue weighted by molar-refractivity contribution is 0.399. The van der Waals surface area contributed by atoms with Crippen molar-refractivity contribution in [3.63, 3.8) is 0 Å². The van der Waals surface area contributed by atoms with Crippen molar-refractivity contribution in [1.29, 1.82) is 0 Å². The molecule has 0 amide bonds. The highest BCUT2D eigenvalue weighted by atomic mass is 16.5. The molecule has 0 aliphatic rings. The van der Waals surface area contributed by atoms with Gasteiger partial charge >= 0.3 is 0 Å². The van der Waals surface area contributed by atoms with Crippen LogP contribution in [0.4, 0.5) is 0 Å². The number of aryl methyl sites for hydroxylation is 2. The summed E-state index contributed by atoms with van der Waals surface area (Å²) in [4.78, 5) is 0. The highest BCUT2D eigenvalue weighted by Crippen LogP contribution is 2.30. The van der Waals surface area contributed by atoms with E-state index in [1.165, 1.54) is 11.1 Å². The topological polar surface area (TPSA) is 39.1 Å². The van der Waals surface area contributed by atoms with Crippen LogP contribution in [0, 0.1) is 0 Å². The normalized spacial score (nSPS) is 12.4. The van der Waals surface area contributed by atoms with Crippen LogP contribution in [0.15, 0.2) is 30.5 Å². The van der Waals surface area contributed by atoms with Crippen molar-refractivity contribution in [2.75, 3.05) is 13.7 Å². The van der Waals surface area contributed by atoms with Gasteiger partial charge in [-0.2, -0.15) is 5.10 Å². The number of ether oxygens (including phenoxy) is 1. The van der Waals surface area contributed by atoms with Crippen molar-refractivity contribution in [1.82, 2.24) is 15.1 Å². The first-order valence-electron chi connectivity index (χ1n) is 7.66. The summed E-state index contributed by atoms with van der Waals surface area (Å²) < 4.78 is 7.50. The smallest absolute Gasteiger partial charge is 0.161 e. The maximum Gasteiger partial charge on any atom is 0.161 e. The van der Waals surface area contributed by atoms with Crippen molar-refractivity contribution < 1.29 is 4.74 Å². The third kappa shape index (κ3) is 3.27. The monoisotopic (exact) mass is 287 g/mol. The number of rotatable bonds is 7. The van der Waals surface area contributed by atoms with Gasteiger partial charge in [-0.1, -0.05) is 38.1 Å². The molecule has 4 nitrogen and oxygen atoms in total. The number of nitrogens with zero attached hydrogens (tertiary/aromatic N) is 2. The van der Waals surface area contributed by atoms with E-state index in [2.05, 4.69) is 55.5 Å². The molecule has 2 aromatic rings. The molecule has 1 unspecified atom stereocenters. The zero-order valence-corrected chi connectivity index (χ0v) is 13.4. The van der Waals surface area contributed by atoms with E-state index < -0.39 is 0 Å². The summed E-state index contributed by atoms with van der Waals surface area (Å²) in [6.45, 7) is 8.10. The molecule has 0 fully saturated rings. The average Bonchev–Trinajstić information content (AvgIpc) is 2.95. The van der Waals surface area contributed by atoms with Gasteiger partial charge in [0.2, 0.25) is 0 Å². The van der Waals surface area contributed by atoms with Crippen molar-refractivity contribution in [3.05, 3.63) is 47.3 Å². The molecule has 1 N–H and O–H groups in total. The molecule has 4 heteroatoms. The number of methoxy groups -OCH3 is 1. The molecule has 0 saturated carbocycles. The second-order valence-electron chi connectivity index (χ2n) is 5.00. The Bertz CT molecular complexity index is 538. The fraction of sp³-hybridized carbons (Fsp3) is 0.471. The van der Waals surface area contributed by atoms with Crippen LogP contribution in [0.25, 0.3) is 0 Å². The van der Waals surface area contributed by atoms with Crippen molar-refractivity contribution in [2.24, 2.45) is 0 Å². The second kappa shape index (κ2) is 7.27. The molecule has 0 saturated heterocycles. The Kier molecular flexibility index (Phi) is 5.39. The van der Waals surface area contributed by atoms with Gasteiger partial charge in [0.15, 0.2) is 5.75 Å². The minimum absolute atomic E-state index is 0.0957. The van der Waals surface area contributed by atoms with Crippen LogP contribution in [0.1, 0.15) is 43.6 Å². The molecular formula is C17H25N3O. The molecular weight excluding hydrogens is 262 g/mol. The third-order valence-electron chi connectivity index (χ3n) is 3.77. The van der Waals surface area contributed by atoms with Gasteiger partial charge in [0, 0.05) is 6.54 Å². The Morgan fingerprint density at radius 2 is 1.90 bits per heavy atom. The van der Waals surface area contributed by atoms with E-state index in [1.807, 2.05) is 4.68 Å². The molecule has 2 rings (SSSR count). The number of hydrogen-bond acceptors (Lipinski definition) is 3. The highest BCUT2D eigenvalue weighted by Gasteiger charge is 2.22. The Morgan fingerprint density at radius 3 is 2.43 bits per heavy atom. The van der Waals surface area contributed by atoms with Gasteiger partial charge in [-0.3, -0.25) is 4.68 Å². The van der Waals surface area contributed by atoms with Gasteiger partial charge in [0.05, 0.1) is 19.3 Å². The van der Waals surface area contributed by atoms with Gasteiger partial charge < -0.3 is 10.1 Å². The number of aromatic nitrogens is 2. The van der Waals surface area contributed by atoms with Crippen LogP contribution in [-0.4, -0.2) is 23.4 Å². The first-order valence-corrected chi connectivity index (χ1v) is 7.66. The molecule has 21 heavy (non-hydrogen) atoms. The minimum atomic E-state index is 0.0957. The lowest BCUT2D eigenvalue weighted by Crippen LogP contribution is -2.25. The van der Waals surface area contributed by atoms with Gasteiger partial charge in [0.25, 0.3) is 0 Å². The largest absolute Gasteiger partial charge is 0.493 e. The Balaban J connectivity index is 2.44. The quantitative estimate of drug-likeness (QED) is 0.850. The van der Waals surface area contributed by atoms with Gasteiger partial charge in [-0.05, 0) is 31.0 Å². The number of benzene rings is 1. The zero-order chi connectivity index (χ0) is 15.2. The van der Waals surface area contributed by atoms with Crippen molar-refractivity contribution in [2.45, 2.75) is 39.8 Å².